The van der Waals surface area contributed by atoms with E-state index in [-0.39, 0.29) is 11.5 Å². The minimum atomic E-state index is -0.00970. The van der Waals surface area contributed by atoms with E-state index in [4.69, 9.17) is 5.10 Å². The number of carbonyl (C=O) groups excluding carboxylic acids is 1. The Morgan fingerprint density at radius 3 is 2.36 bits per heavy atom. The van der Waals surface area contributed by atoms with Crippen LogP contribution in [0.4, 0.5) is 0 Å². The SMILES string of the molecule is CC(C)N1CCC(N2CCC(c3nnc4ccc(C(C)(C)C)nn34)CC2)C1=O. The van der Waals surface area contributed by atoms with Gasteiger partial charge < -0.3 is 4.90 Å². The molecule has 0 saturated carbocycles. The van der Waals surface area contributed by atoms with Crippen molar-refractivity contribution >= 4 is 11.6 Å². The van der Waals surface area contributed by atoms with Gasteiger partial charge in [-0.1, -0.05) is 20.8 Å². The highest BCUT2D eigenvalue weighted by Gasteiger charge is 2.39. The molecule has 2 saturated heterocycles. The average Bonchev–Trinajstić information content (AvgIpc) is 3.24. The number of likely N-dealkylation sites (tertiary alicyclic amines) is 2. The van der Waals surface area contributed by atoms with Gasteiger partial charge in [-0.3, -0.25) is 9.69 Å². The summed E-state index contributed by atoms with van der Waals surface area (Å²) < 4.78 is 1.93. The lowest BCUT2D eigenvalue weighted by molar-refractivity contribution is -0.133. The number of nitrogens with zero attached hydrogens (tertiary/aromatic N) is 6. The fourth-order valence-electron chi connectivity index (χ4n) is 4.47. The highest BCUT2D eigenvalue weighted by Crippen LogP contribution is 2.31. The smallest absolute Gasteiger partial charge is 0.240 e. The maximum Gasteiger partial charge on any atom is 0.240 e. The van der Waals surface area contributed by atoms with Crippen LogP contribution in [0.15, 0.2) is 12.1 Å². The van der Waals surface area contributed by atoms with E-state index in [1.165, 1.54) is 0 Å². The number of amides is 1. The quantitative estimate of drug-likeness (QED) is 0.814. The first-order valence-electron chi connectivity index (χ1n) is 10.5. The van der Waals surface area contributed by atoms with E-state index in [1.54, 1.807) is 0 Å². The maximum atomic E-state index is 12.7. The van der Waals surface area contributed by atoms with Gasteiger partial charge in [0.1, 0.15) is 0 Å². The van der Waals surface area contributed by atoms with Crippen molar-refractivity contribution < 1.29 is 4.79 Å². The van der Waals surface area contributed by atoms with E-state index in [9.17, 15) is 4.79 Å². The lowest BCUT2D eigenvalue weighted by atomic mass is 9.92. The van der Waals surface area contributed by atoms with Gasteiger partial charge in [-0.25, -0.2) is 0 Å². The lowest BCUT2D eigenvalue weighted by Gasteiger charge is -2.34. The Kier molecular flexibility index (Phi) is 4.89. The number of carbonyl (C=O) groups is 1. The monoisotopic (exact) mass is 384 g/mol. The third-order valence-corrected chi connectivity index (χ3v) is 6.23. The molecule has 0 aromatic carbocycles. The molecule has 2 aliphatic heterocycles. The molecule has 0 radical (unpaired) electrons. The number of hydrogen-bond donors (Lipinski definition) is 0. The predicted molar refractivity (Wildman–Crippen MR) is 108 cm³/mol. The van der Waals surface area contributed by atoms with Crippen LogP contribution in [0, 0.1) is 0 Å². The van der Waals surface area contributed by atoms with Crippen LogP contribution in [0.1, 0.15) is 71.3 Å². The Balaban J connectivity index is 1.48. The fraction of sp³-hybridized carbons (Fsp3) is 0.714. The molecular weight excluding hydrogens is 352 g/mol. The van der Waals surface area contributed by atoms with Crippen molar-refractivity contribution in [1.29, 1.82) is 0 Å². The van der Waals surface area contributed by atoms with Crippen LogP contribution in [0.5, 0.6) is 0 Å². The number of fused-ring (bicyclic) bond motifs is 1. The van der Waals surface area contributed by atoms with E-state index < -0.39 is 0 Å². The number of rotatable bonds is 3. The van der Waals surface area contributed by atoms with Gasteiger partial charge in [0, 0.05) is 23.9 Å². The summed E-state index contributed by atoms with van der Waals surface area (Å²) >= 11 is 0. The van der Waals surface area contributed by atoms with Crippen LogP contribution < -0.4 is 0 Å². The van der Waals surface area contributed by atoms with E-state index in [1.807, 2.05) is 21.5 Å². The van der Waals surface area contributed by atoms with E-state index in [2.05, 4.69) is 49.7 Å². The highest BCUT2D eigenvalue weighted by molar-refractivity contribution is 5.84. The summed E-state index contributed by atoms with van der Waals surface area (Å²) in [6.45, 7) is 13.5. The first-order valence-corrected chi connectivity index (χ1v) is 10.5. The molecule has 0 aliphatic carbocycles. The molecule has 2 aliphatic rings. The zero-order valence-electron chi connectivity index (χ0n) is 17.7. The van der Waals surface area contributed by atoms with Crippen molar-refractivity contribution in [3.8, 4) is 0 Å². The second-order valence-electron chi connectivity index (χ2n) is 9.54. The van der Waals surface area contributed by atoms with Gasteiger partial charge >= 0.3 is 0 Å². The van der Waals surface area contributed by atoms with Crippen LogP contribution in [0.3, 0.4) is 0 Å². The number of piperidine rings is 1. The molecule has 7 nitrogen and oxygen atoms in total. The van der Waals surface area contributed by atoms with Gasteiger partial charge in [0.25, 0.3) is 0 Å². The van der Waals surface area contributed by atoms with Crippen molar-refractivity contribution in [1.82, 2.24) is 29.6 Å². The first-order chi connectivity index (χ1) is 13.3. The molecule has 0 spiro atoms. The van der Waals surface area contributed by atoms with Crippen LogP contribution in [-0.4, -0.2) is 67.2 Å². The summed E-state index contributed by atoms with van der Waals surface area (Å²) in [5.41, 5.74) is 1.84. The first kappa shape index (κ1) is 19.3. The van der Waals surface area contributed by atoms with Crippen molar-refractivity contribution in [3.63, 3.8) is 0 Å². The van der Waals surface area contributed by atoms with Gasteiger partial charge in [-0.2, -0.15) is 9.61 Å². The molecule has 0 N–H and O–H groups in total. The van der Waals surface area contributed by atoms with Crippen molar-refractivity contribution in [3.05, 3.63) is 23.7 Å². The third kappa shape index (κ3) is 3.41. The topological polar surface area (TPSA) is 66.6 Å². The normalized spacial score (nSPS) is 22.7. The Morgan fingerprint density at radius 2 is 1.75 bits per heavy atom. The Hall–Kier alpha value is -2.02. The maximum absolute atomic E-state index is 12.7. The average molecular weight is 385 g/mol. The van der Waals surface area contributed by atoms with E-state index in [0.29, 0.717) is 17.9 Å². The largest absolute Gasteiger partial charge is 0.339 e. The van der Waals surface area contributed by atoms with Crippen LogP contribution in [-0.2, 0) is 10.2 Å². The zero-order chi connectivity index (χ0) is 20.1. The Labute approximate surface area is 167 Å². The van der Waals surface area contributed by atoms with Crippen molar-refractivity contribution in [2.75, 3.05) is 19.6 Å². The second-order valence-corrected chi connectivity index (χ2v) is 9.54. The second kappa shape index (κ2) is 7.10. The summed E-state index contributed by atoms with van der Waals surface area (Å²) in [5.74, 6) is 1.60. The zero-order valence-corrected chi connectivity index (χ0v) is 17.7. The molecule has 1 amide bonds. The van der Waals surface area contributed by atoms with Gasteiger partial charge in [0.2, 0.25) is 5.91 Å². The minimum Gasteiger partial charge on any atom is -0.339 e. The molecule has 2 fully saturated rings. The van der Waals surface area contributed by atoms with Gasteiger partial charge in [-0.05, 0) is 58.3 Å². The van der Waals surface area contributed by atoms with Crippen molar-refractivity contribution in [2.24, 2.45) is 0 Å². The summed E-state index contributed by atoms with van der Waals surface area (Å²) in [6, 6.07) is 4.41. The van der Waals surface area contributed by atoms with Crippen LogP contribution in [0.2, 0.25) is 0 Å². The highest BCUT2D eigenvalue weighted by atomic mass is 16.2. The minimum absolute atomic E-state index is 0.00970. The number of aromatic nitrogens is 4. The molecule has 1 atom stereocenters. The summed E-state index contributed by atoms with van der Waals surface area (Å²) in [5, 5.41) is 13.6. The molecule has 28 heavy (non-hydrogen) atoms. The lowest BCUT2D eigenvalue weighted by Crippen LogP contribution is -2.46. The van der Waals surface area contributed by atoms with Crippen LogP contribution in [0.25, 0.3) is 5.65 Å². The molecule has 152 valence electrons. The van der Waals surface area contributed by atoms with Gasteiger partial charge in [0.05, 0.1) is 11.7 Å². The predicted octanol–water partition coefficient (Wildman–Crippen LogP) is 2.61. The van der Waals surface area contributed by atoms with Gasteiger partial charge in [-0.15, -0.1) is 10.2 Å². The van der Waals surface area contributed by atoms with Crippen molar-refractivity contribution in [2.45, 2.75) is 77.3 Å². The van der Waals surface area contributed by atoms with E-state index in [0.717, 1.165) is 56.1 Å². The molecule has 1 unspecified atom stereocenters. The molecule has 0 bridgehead atoms. The van der Waals surface area contributed by atoms with Gasteiger partial charge in [0.15, 0.2) is 11.5 Å². The summed E-state index contributed by atoms with van der Waals surface area (Å²) in [4.78, 5) is 17.1. The third-order valence-electron chi connectivity index (χ3n) is 6.23. The Bertz CT molecular complexity index is 859. The Morgan fingerprint density at radius 1 is 1.04 bits per heavy atom. The molecular formula is C21H32N6O. The molecule has 7 heteroatoms. The molecule has 4 heterocycles. The summed E-state index contributed by atoms with van der Waals surface area (Å²) in [7, 11) is 0. The van der Waals surface area contributed by atoms with Crippen LogP contribution >= 0.6 is 0 Å². The number of hydrogen-bond acceptors (Lipinski definition) is 5. The fourth-order valence-corrected chi connectivity index (χ4v) is 4.47. The molecule has 2 aromatic heterocycles. The molecule has 4 rings (SSSR count). The molecule has 2 aromatic rings. The standard InChI is InChI=1S/C21H32N6O/c1-14(2)26-13-10-16(20(26)28)25-11-8-15(9-12-25)19-23-22-18-7-6-17(21(3,4)5)24-27(18)19/h6-7,14-16H,8-13H2,1-5H3. The van der Waals surface area contributed by atoms with E-state index >= 15 is 0 Å². The summed E-state index contributed by atoms with van der Waals surface area (Å²) in [6.07, 6.45) is 2.94.